The van der Waals surface area contributed by atoms with Crippen LogP contribution in [-0.2, 0) is 9.59 Å². The number of benzene rings is 1. The van der Waals surface area contributed by atoms with Crippen LogP contribution >= 0.6 is 0 Å². The van der Waals surface area contributed by atoms with Crippen molar-refractivity contribution >= 4 is 11.8 Å². The highest BCUT2D eigenvalue weighted by Gasteiger charge is 2.29. The summed E-state index contributed by atoms with van der Waals surface area (Å²) in [5.74, 6) is 1.06. The molecule has 2 rings (SSSR count). The summed E-state index contributed by atoms with van der Waals surface area (Å²) in [5, 5.41) is 5.91. The molecule has 0 aliphatic carbocycles. The number of hydrogen-bond acceptors (Lipinski definition) is 4. The van der Waals surface area contributed by atoms with Crippen LogP contribution in [0.3, 0.4) is 0 Å². The summed E-state index contributed by atoms with van der Waals surface area (Å²) in [6.45, 7) is 9.21. The van der Waals surface area contributed by atoms with E-state index in [1.165, 1.54) is 0 Å². The Labute approximate surface area is 162 Å². The zero-order valence-electron chi connectivity index (χ0n) is 16.8. The largest absolute Gasteiger partial charge is 0.492 e. The fraction of sp³-hybridized carbons (Fsp3) is 0.619. The maximum atomic E-state index is 12.4. The van der Waals surface area contributed by atoms with Crippen LogP contribution in [0.1, 0.15) is 38.7 Å². The minimum atomic E-state index is -0.191. The first-order valence-electron chi connectivity index (χ1n) is 10.00. The lowest BCUT2D eigenvalue weighted by molar-refractivity contribution is -0.128. The second-order valence-corrected chi connectivity index (χ2v) is 7.23. The van der Waals surface area contributed by atoms with Gasteiger partial charge >= 0.3 is 0 Å². The predicted molar refractivity (Wildman–Crippen MR) is 107 cm³/mol. The van der Waals surface area contributed by atoms with Gasteiger partial charge in [0.15, 0.2) is 0 Å². The molecular weight excluding hydrogens is 342 g/mol. The third-order valence-corrected chi connectivity index (χ3v) is 5.04. The van der Waals surface area contributed by atoms with Gasteiger partial charge in [0.25, 0.3) is 0 Å². The summed E-state index contributed by atoms with van der Waals surface area (Å²) in [4.78, 5) is 26.6. The monoisotopic (exact) mass is 375 g/mol. The Hall–Kier alpha value is -2.08. The second kappa shape index (κ2) is 10.9. The Bertz CT molecular complexity index is 612. The summed E-state index contributed by atoms with van der Waals surface area (Å²) >= 11 is 0. The van der Waals surface area contributed by atoms with E-state index in [1.54, 1.807) is 0 Å². The molecule has 0 radical (unpaired) electrons. The number of hydrogen-bond donors (Lipinski definition) is 2. The van der Waals surface area contributed by atoms with Crippen LogP contribution in [0, 0.1) is 12.8 Å². The molecule has 0 saturated carbocycles. The zero-order chi connectivity index (χ0) is 19.6. The van der Waals surface area contributed by atoms with Crippen LogP contribution in [0.5, 0.6) is 5.75 Å². The van der Waals surface area contributed by atoms with E-state index >= 15 is 0 Å². The van der Waals surface area contributed by atoms with Gasteiger partial charge in [0.2, 0.25) is 11.8 Å². The summed E-state index contributed by atoms with van der Waals surface area (Å²) in [6.07, 6.45) is 2.57. The van der Waals surface area contributed by atoms with Gasteiger partial charge in [0.1, 0.15) is 12.4 Å². The van der Waals surface area contributed by atoms with Crippen LogP contribution in [0.25, 0.3) is 0 Å². The Morgan fingerprint density at radius 3 is 2.63 bits per heavy atom. The predicted octanol–water partition coefficient (Wildman–Crippen LogP) is 2.12. The number of carbonyl (C=O) groups excluding carboxylic acids is 2. The zero-order valence-corrected chi connectivity index (χ0v) is 16.8. The molecule has 2 amide bonds. The van der Waals surface area contributed by atoms with E-state index in [4.69, 9.17) is 4.74 Å². The number of likely N-dealkylation sites (tertiary alicyclic amines) is 1. The Kier molecular flexibility index (Phi) is 8.58. The van der Waals surface area contributed by atoms with Gasteiger partial charge in [0, 0.05) is 12.5 Å². The van der Waals surface area contributed by atoms with E-state index in [-0.39, 0.29) is 23.8 Å². The van der Waals surface area contributed by atoms with Crippen LogP contribution < -0.4 is 15.4 Å². The molecule has 1 atom stereocenters. The van der Waals surface area contributed by atoms with E-state index in [0.717, 1.165) is 50.2 Å². The number of rotatable bonds is 9. The maximum Gasteiger partial charge on any atom is 0.237 e. The molecule has 1 heterocycles. The van der Waals surface area contributed by atoms with Crippen molar-refractivity contribution in [2.24, 2.45) is 5.92 Å². The molecule has 1 aliphatic rings. The maximum absolute atomic E-state index is 12.4. The third-order valence-electron chi connectivity index (χ3n) is 5.04. The average Bonchev–Trinajstić information content (AvgIpc) is 2.69. The lowest BCUT2D eigenvalue weighted by atomic mass is 9.95. The van der Waals surface area contributed by atoms with Gasteiger partial charge in [-0.25, -0.2) is 0 Å². The van der Waals surface area contributed by atoms with E-state index in [0.29, 0.717) is 13.2 Å². The number of amides is 2. The SMILES string of the molecule is CCCNC(=O)C1CCN(C(C)C(=O)NCCOc2cccc(C)c2)CC1. The minimum absolute atomic E-state index is 0.0109. The van der Waals surface area contributed by atoms with Crippen molar-refractivity contribution in [3.8, 4) is 5.75 Å². The number of nitrogens with one attached hydrogen (secondary N) is 2. The highest BCUT2D eigenvalue weighted by molar-refractivity contribution is 5.81. The molecule has 0 spiro atoms. The Morgan fingerprint density at radius 1 is 1.22 bits per heavy atom. The van der Waals surface area contributed by atoms with Crippen molar-refractivity contribution in [2.45, 2.75) is 46.1 Å². The van der Waals surface area contributed by atoms with Crippen molar-refractivity contribution in [3.05, 3.63) is 29.8 Å². The van der Waals surface area contributed by atoms with Gasteiger partial charge in [-0.05, 0) is 63.9 Å². The van der Waals surface area contributed by atoms with Gasteiger partial charge in [-0.1, -0.05) is 19.1 Å². The smallest absolute Gasteiger partial charge is 0.237 e. The number of aryl methyl sites for hydroxylation is 1. The van der Waals surface area contributed by atoms with Gasteiger partial charge < -0.3 is 15.4 Å². The van der Waals surface area contributed by atoms with Crippen LogP contribution in [0.2, 0.25) is 0 Å². The summed E-state index contributed by atoms with van der Waals surface area (Å²) in [7, 11) is 0. The highest BCUT2D eigenvalue weighted by atomic mass is 16.5. The van der Waals surface area contributed by atoms with Gasteiger partial charge in [-0.2, -0.15) is 0 Å². The molecule has 1 aliphatic heterocycles. The molecule has 0 aromatic heterocycles. The van der Waals surface area contributed by atoms with Crippen LogP contribution in [-0.4, -0.2) is 55.5 Å². The van der Waals surface area contributed by atoms with Crippen LogP contribution in [0.4, 0.5) is 0 Å². The molecule has 1 saturated heterocycles. The standard InChI is InChI=1S/C21H33N3O3/c1-4-10-22-21(26)18-8-12-24(13-9-18)17(3)20(25)23-11-14-27-19-7-5-6-16(2)15-19/h5-7,15,17-18H,4,8-14H2,1-3H3,(H,22,26)(H,23,25). The minimum Gasteiger partial charge on any atom is -0.492 e. The second-order valence-electron chi connectivity index (χ2n) is 7.23. The fourth-order valence-electron chi connectivity index (χ4n) is 3.30. The highest BCUT2D eigenvalue weighted by Crippen LogP contribution is 2.19. The van der Waals surface area contributed by atoms with E-state index < -0.39 is 0 Å². The number of piperidine rings is 1. The normalized spacial score (nSPS) is 16.6. The van der Waals surface area contributed by atoms with Crippen molar-refractivity contribution in [3.63, 3.8) is 0 Å². The molecule has 1 aromatic carbocycles. The molecule has 6 heteroatoms. The summed E-state index contributed by atoms with van der Waals surface area (Å²) in [6, 6.07) is 7.68. The molecule has 1 aromatic rings. The van der Waals surface area contributed by atoms with E-state index in [2.05, 4.69) is 22.5 Å². The fourth-order valence-corrected chi connectivity index (χ4v) is 3.30. The van der Waals surface area contributed by atoms with Crippen molar-refractivity contribution in [1.29, 1.82) is 0 Å². The lowest BCUT2D eigenvalue weighted by Crippen LogP contribution is -2.50. The number of nitrogens with zero attached hydrogens (tertiary/aromatic N) is 1. The van der Waals surface area contributed by atoms with Gasteiger partial charge in [-0.3, -0.25) is 14.5 Å². The number of carbonyl (C=O) groups is 2. The Balaban J connectivity index is 1.66. The average molecular weight is 376 g/mol. The van der Waals surface area contributed by atoms with E-state index in [9.17, 15) is 9.59 Å². The summed E-state index contributed by atoms with van der Waals surface area (Å²) in [5.41, 5.74) is 1.15. The van der Waals surface area contributed by atoms with Crippen molar-refractivity contribution < 1.29 is 14.3 Å². The molecule has 2 N–H and O–H groups in total. The molecule has 27 heavy (non-hydrogen) atoms. The molecule has 6 nitrogen and oxygen atoms in total. The third kappa shape index (κ3) is 6.86. The van der Waals surface area contributed by atoms with Gasteiger partial charge in [-0.15, -0.1) is 0 Å². The van der Waals surface area contributed by atoms with Crippen molar-refractivity contribution in [1.82, 2.24) is 15.5 Å². The molecule has 150 valence electrons. The van der Waals surface area contributed by atoms with E-state index in [1.807, 2.05) is 38.1 Å². The van der Waals surface area contributed by atoms with Crippen molar-refractivity contribution in [2.75, 3.05) is 32.8 Å². The van der Waals surface area contributed by atoms with Gasteiger partial charge in [0.05, 0.1) is 12.6 Å². The molecule has 0 bridgehead atoms. The number of ether oxygens (including phenoxy) is 1. The molecule has 1 unspecified atom stereocenters. The quantitative estimate of drug-likeness (QED) is 0.649. The lowest BCUT2D eigenvalue weighted by Gasteiger charge is -2.34. The Morgan fingerprint density at radius 2 is 1.96 bits per heavy atom. The molecule has 1 fully saturated rings. The first kappa shape index (κ1) is 21.2. The van der Waals surface area contributed by atoms with Crippen LogP contribution in [0.15, 0.2) is 24.3 Å². The summed E-state index contributed by atoms with van der Waals surface area (Å²) < 4.78 is 5.66. The first-order valence-corrected chi connectivity index (χ1v) is 10.00. The molecular formula is C21H33N3O3. The topological polar surface area (TPSA) is 70.7 Å². The first-order chi connectivity index (χ1) is 13.0.